The van der Waals surface area contributed by atoms with E-state index in [-0.39, 0.29) is 29.3 Å². The highest BCUT2D eigenvalue weighted by Gasteiger charge is 2.42. The summed E-state index contributed by atoms with van der Waals surface area (Å²) in [6, 6.07) is 0. The lowest BCUT2D eigenvalue weighted by atomic mass is 9.83. The number of ether oxygens (including phenoxy) is 2. The van der Waals surface area contributed by atoms with Crippen molar-refractivity contribution in [2.75, 3.05) is 26.8 Å². The Hall–Kier alpha value is -1.10. The van der Waals surface area contributed by atoms with Crippen LogP contribution >= 0.6 is 0 Å². The smallest absolute Gasteiger partial charge is 0.308 e. The van der Waals surface area contributed by atoms with Crippen molar-refractivity contribution in [2.24, 2.45) is 11.8 Å². The minimum atomic E-state index is -0.166. The van der Waals surface area contributed by atoms with E-state index in [1.807, 2.05) is 4.90 Å². The molecule has 1 spiro atoms. The molecular weight excluding hydrogens is 282 g/mol. The van der Waals surface area contributed by atoms with E-state index in [0.717, 1.165) is 32.2 Å². The molecule has 5 nitrogen and oxygen atoms in total. The summed E-state index contributed by atoms with van der Waals surface area (Å²) in [6.07, 6.45) is 8.07. The Kier molecular flexibility index (Phi) is 4.71. The van der Waals surface area contributed by atoms with E-state index in [4.69, 9.17) is 9.47 Å². The van der Waals surface area contributed by atoms with Gasteiger partial charge >= 0.3 is 5.97 Å². The summed E-state index contributed by atoms with van der Waals surface area (Å²) >= 11 is 0. The minimum Gasteiger partial charge on any atom is -0.469 e. The number of methoxy groups -OCH3 is 1. The topological polar surface area (TPSA) is 55.8 Å². The van der Waals surface area contributed by atoms with E-state index < -0.39 is 0 Å². The molecule has 0 aromatic rings. The Morgan fingerprint density at radius 3 is 2.59 bits per heavy atom. The average Bonchev–Trinajstić information content (AvgIpc) is 3.04. The predicted molar refractivity (Wildman–Crippen MR) is 81.2 cm³/mol. The summed E-state index contributed by atoms with van der Waals surface area (Å²) in [5.74, 6) is -0.0489. The molecule has 5 heteroatoms. The average molecular weight is 309 g/mol. The largest absolute Gasteiger partial charge is 0.469 e. The lowest BCUT2D eigenvalue weighted by Gasteiger charge is -2.45. The van der Waals surface area contributed by atoms with Gasteiger partial charge in [0.1, 0.15) is 0 Å². The molecule has 124 valence electrons. The van der Waals surface area contributed by atoms with Gasteiger partial charge < -0.3 is 14.4 Å². The summed E-state index contributed by atoms with van der Waals surface area (Å²) in [6.45, 7) is 2.09. The van der Waals surface area contributed by atoms with Crippen LogP contribution < -0.4 is 0 Å². The molecule has 1 aliphatic heterocycles. The van der Waals surface area contributed by atoms with Gasteiger partial charge in [0.25, 0.3) is 0 Å². The SMILES string of the molecule is COC(=O)[C@@H]1CC[C@H](C(=O)N2CCOC3(CCCCC3)C2)C1. The number of hydrogen-bond donors (Lipinski definition) is 0. The molecule has 2 aliphatic carbocycles. The lowest BCUT2D eigenvalue weighted by Crippen LogP contribution is -2.55. The van der Waals surface area contributed by atoms with Gasteiger partial charge in [-0.3, -0.25) is 9.59 Å². The zero-order chi connectivity index (χ0) is 15.6. The highest BCUT2D eigenvalue weighted by atomic mass is 16.5. The Morgan fingerprint density at radius 1 is 1.14 bits per heavy atom. The number of nitrogens with zero attached hydrogens (tertiary/aromatic N) is 1. The van der Waals surface area contributed by atoms with E-state index in [9.17, 15) is 9.59 Å². The van der Waals surface area contributed by atoms with Gasteiger partial charge in [0.05, 0.1) is 25.2 Å². The Morgan fingerprint density at radius 2 is 1.86 bits per heavy atom. The first-order chi connectivity index (χ1) is 10.6. The Balaban J connectivity index is 1.59. The zero-order valence-electron chi connectivity index (χ0n) is 13.5. The summed E-state index contributed by atoms with van der Waals surface area (Å²) in [5, 5.41) is 0. The minimum absolute atomic E-state index is 0.0113. The van der Waals surface area contributed by atoms with E-state index in [1.54, 1.807) is 0 Å². The van der Waals surface area contributed by atoms with Gasteiger partial charge in [-0.2, -0.15) is 0 Å². The van der Waals surface area contributed by atoms with Crippen LogP contribution in [0.15, 0.2) is 0 Å². The van der Waals surface area contributed by atoms with Crippen molar-refractivity contribution in [1.29, 1.82) is 0 Å². The monoisotopic (exact) mass is 309 g/mol. The Labute approximate surface area is 132 Å². The van der Waals surface area contributed by atoms with E-state index >= 15 is 0 Å². The Bertz CT molecular complexity index is 425. The predicted octanol–water partition coefficient (Wildman–Crippen LogP) is 2.14. The van der Waals surface area contributed by atoms with Crippen molar-refractivity contribution in [2.45, 2.75) is 57.0 Å². The molecule has 1 amide bonds. The maximum atomic E-state index is 12.8. The quantitative estimate of drug-likeness (QED) is 0.733. The van der Waals surface area contributed by atoms with Crippen molar-refractivity contribution in [3.63, 3.8) is 0 Å². The molecule has 0 radical (unpaired) electrons. The van der Waals surface area contributed by atoms with Crippen molar-refractivity contribution in [3.05, 3.63) is 0 Å². The van der Waals surface area contributed by atoms with Crippen LogP contribution in [0.2, 0.25) is 0 Å². The maximum absolute atomic E-state index is 12.8. The van der Waals surface area contributed by atoms with Gasteiger partial charge in [0.15, 0.2) is 0 Å². The fourth-order valence-corrected chi connectivity index (χ4v) is 4.38. The molecular formula is C17H27NO4. The standard InChI is InChI=1S/C17H27NO4/c1-21-16(20)14-6-5-13(11-14)15(19)18-9-10-22-17(12-18)7-3-2-4-8-17/h13-14H,2-12H2,1H3/t13-,14+/m0/s1. The molecule has 22 heavy (non-hydrogen) atoms. The summed E-state index contributed by atoms with van der Waals surface area (Å²) in [4.78, 5) is 26.4. The lowest BCUT2D eigenvalue weighted by molar-refractivity contribution is -0.159. The van der Waals surface area contributed by atoms with Crippen LogP contribution in [0.25, 0.3) is 0 Å². The molecule has 3 fully saturated rings. The number of carbonyl (C=O) groups excluding carboxylic acids is 2. The molecule has 1 saturated heterocycles. The van der Waals surface area contributed by atoms with Crippen LogP contribution in [-0.2, 0) is 19.1 Å². The summed E-state index contributed by atoms with van der Waals surface area (Å²) in [5.41, 5.74) is -0.0908. The zero-order valence-corrected chi connectivity index (χ0v) is 13.5. The molecule has 2 atom stereocenters. The second kappa shape index (κ2) is 6.57. The number of amides is 1. The van der Waals surface area contributed by atoms with Crippen molar-refractivity contribution in [1.82, 2.24) is 4.90 Å². The second-order valence-electron chi connectivity index (χ2n) is 7.08. The van der Waals surface area contributed by atoms with E-state index in [1.165, 1.54) is 26.4 Å². The number of rotatable bonds is 2. The van der Waals surface area contributed by atoms with E-state index in [0.29, 0.717) is 19.6 Å². The first kappa shape index (κ1) is 15.8. The van der Waals surface area contributed by atoms with Gasteiger partial charge in [0, 0.05) is 19.0 Å². The fraction of sp³-hybridized carbons (Fsp3) is 0.882. The number of hydrogen-bond acceptors (Lipinski definition) is 4. The van der Waals surface area contributed by atoms with Gasteiger partial charge in [0.2, 0.25) is 5.91 Å². The normalized spacial score (nSPS) is 31.2. The van der Waals surface area contributed by atoms with Crippen LogP contribution in [0.5, 0.6) is 0 Å². The fourth-order valence-electron chi connectivity index (χ4n) is 4.38. The molecule has 0 unspecified atom stereocenters. The van der Waals surface area contributed by atoms with Gasteiger partial charge in [-0.15, -0.1) is 0 Å². The number of esters is 1. The van der Waals surface area contributed by atoms with Crippen LogP contribution in [0.1, 0.15) is 51.4 Å². The highest BCUT2D eigenvalue weighted by molar-refractivity contribution is 5.81. The molecule has 1 heterocycles. The van der Waals surface area contributed by atoms with Gasteiger partial charge in [-0.05, 0) is 32.1 Å². The molecule has 0 bridgehead atoms. The van der Waals surface area contributed by atoms with Crippen LogP contribution in [-0.4, -0.2) is 49.2 Å². The van der Waals surface area contributed by atoms with E-state index in [2.05, 4.69) is 0 Å². The molecule has 3 rings (SSSR count). The molecule has 0 aromatic carbocycles. The third kappa shape index (κ3) is 3.14. The van der Waals surface area contributed by atoms with Gasteiger partial charge in [-0.1, -0.05) is 19.3 Å². The van der Waals surface area contributed by atoms with Crippen molar-refractivity contribution >= 4 is 11.9 Å². The highest BCUT2D eigenvalue weighted by Crippen LogP contribution is 2.37. The first-order valence-electron chi connectivity index (χ1n) is 8.64. The van der Waals surface area contributed by atoms with Crippen molar-refractivity contribution < 1.29 is 19.1 Å². The molecule has 3 aliphatic rings. The summed E-state index contributed by atoms with van der Waals surface area (Å²) < 4.78 is 10.9. The van der Waals surface area contributed by atoms with Crippen LogP contribution in [0, 0.1) is 11.8 Å². The second-order valence-corrected chi connectivity index (χ2v) is 7.08. The van der Waals surface area contributed by atoms with Crippen LogP contribution in [0.3, 0.4) is 0 Å². The summed E-state index contributed by atoms with van der Waals surface area (Å²) in [7, 11) is 1.42. The van der Waals surface area contributed by atoms with Crippen LogP contribution in [0.4, 0.5) is 0 Å². The van der Waals surface area contributed by atoms with Gasteiger partial charge in [-0.25, -0.2) is 0 Å². The third-order valence-electron chi connectivity index (χ3n) is 5.64. The third-order valence-corrected chi connectivity index (χ3v) is 5.64. The molecule has 0 N–H and O–H groups in total. The number of morpholine rings is 1. The van der Waals surface area contributed by atoms with Crippen molar-refractivity contribution in [3.8, 4) is 0 Å². The molecule has 0 aromatic heterocycles. The maximum Gasteiger partial charge on any atom is 0.308 e. The molecule has 2 saturated carbocycles. The first-order valence-corrected chi connectivity index (χ1v) is 8.64. The number of carbonyl (C=O) groups is 2.